The maximum atomic E-state index is 12.5. The number of esters is 1. The smallest absolute Gasteiger partial charge is 0.305 e. The van der Waals surface area contributed by atoms with Gasteiger partial charge in [0.05, 0.1) is 25.4 Å². The molecule has 0 saturated carbocycles. The van der Waals surface area contributed by atoms with Gasteiger partial charge in [0.1, 0.15) is 0 Å². The summed E-state index contributed by atoms with van der Waals surface area (Å²) in [5.74, 6) is -0.0352. The Kier molecular flexibility index (Phi) is 57.5. The lowest BCUT2D eigenvalue weighted by atomic mass is 10.0. The summed E-state index contributed by atoms with van der Waals surface area (Å²) in [6, 6.07) is -0.542. The van der Waals surface area contributed by atoms with Crippen molar-refractivity contribution < 1.29 is 24.5 Å². The van der Waals surface area contributed by atoms with E-state index in [1.54, 1.807) is 0 Å². The Morgan fingerprint density at radius 1 is 0.406 bits per heavy atom. The van der Waals surface area contributed by atoms with Crippen LogP contribution < -0.4 is 5.32 Å². The lowest BCUT2D eigenvalue weighted by Gasteiger charge is -2.22. The molecular formula is C63H121NO5. The van der Waals surface area contributed by atoms with Gasteiger partial charge in [-0.15, -0.1) is 0 Å². The SMILES string of the molecule is CCCCCC/C=C\C/C=C\CCCCCCCC(=O)OCCCCCCCCCCCCCCCCCCCCCCCC(=O)NC(CO)C(O)CCCCCCCCCCCCCCCCC. The number of nitrogens with one attached hydrogen (secondary N) is 1. The minimum atomic E-state index is -0.665. The number of aliphatic hydroxyl groups is 2. The fourth-order valence-electron chi connectivity index (χ4n) is 9.73. The zero-order chi connectivity index (χ0) is 50.0. The predicted octanol–water partition coefficient (Wildman–Crippen LogP) is 19.4. The van der Waals surface area contributed by atoms with Crippen molar-refractivity contribution in [3.05, 3.63) is 24.3 Å². The van der Waals surface area contributed by atoms with Gasteiger partial charge in [0.15, 0.2) is 0 Å². The Morgan fingerprint density at radius 2 is 0.725 bits per heavy atom. The summed E-state index contributed by atoms with van der Waals surface area (Å²) >= 11 is 0. The highest BCUT2D eigenvalue weighted by Crippen LogP contribution is 2.18. The Balaban J connectivity index is 3.38. The number of rotatable bonds is 58. The van der Waals surface area contributed by atoms with Gasteiger partial charge >= 0.3 is 5.97 Å². The van der Waals surface area contributed by atoms with Crippen LogP contribution >= 0.6 is 0 Å². The molecule has 0 aliphatic heterocycles. The lowest BCUT2D eigenvalue weighted by molar-refractivity contribution is -0.143. The number of unbranched alkanes of at least 4 members (excludes halogenated alkanes) is 43. The molecule has 1 amide bonds. The van der Waals surface area contributed by atoms with Crippen LogP contribution in [-0.2, 0) is 14.3 Å². The van der Waals surface area contributed by atoms with Crippen molar-refractivity contribution >= 4 is 11.9 Å². The molecule has 0 aromatic carbocycles. The van der Waals surface area contributed by atoms with Crippen LogP contribution in [0.1, 0.15) is 341 Å². The first-order chi connectivity index (χ1) is 34.0. The zero-order valence-corrected chi connectivity index (χ0v) is 46.6. The number of ether oxygens (including phenoxy) is 1. The van der Waals surface area contributed by atoms with Gasteiger partial charge in [-0.25, -0.2) is 0 Å². The fraction of sp³-hybridized carbons (Fsp3) is 0.905. The summed E-state index contributed by atoms with van der Waals surface area (Å²) in [5, 5.41) is 23.3. The monoisotopic (exact) mass is 972 g/mol. The van der Waals surface area contributed by atoms with Crippen LogP contribution in [-0.4, -0.2) is 47.4 Å². The van der Waals surface area contributed by atoms with Crippen LogP contribution in [0.5, 0.6) is 0 Å². The standard InChI is InChI=1S/C63H121NO5/c1-3-5-7-9-11-13-15-17-19-29-33-37-41-45-49-53-57-63(68)69-58-54-50-46-42-38-34-30-26-24-22-20-21-23-25-28-32-36-40-44-48-52-56-62(67)64-60(59-65)61(66)55-51-47-43-39-35-31-27-18-16-14-12-10-8-6-4-2/h13,15,19,29,60-61,65-66H,3-12,14,16-18,20-28,30-59H2,1-2H3,(H,64,67)/b15-13-,29-19-. The van der Waals surface area contributed by atoms with E-state index >= 15 is 0 Å². The molecule has 0 saturated heterocycles. The number of allylic oxidation sites excluding steroid dienone is 4. The van der Waals surface area contributed by atoms with Crippen molar-refractivity contribution in [3.8, 4) is 0 Å². The van der Waals surface area contributed by atoms with E-state index in [9.17, 15) is 19.8 Å². The van der Waals surface area contributed by atoms with Gasteiger partial charge in [-0.05, 0) is 57.8 Å². The number of aliphatic hydroxyl groups excluding tert-OH is 2. The molecule has 0 fully saturated rings. The first kappa shape index (κ1) is 67.3. The lowest BCUT2D eigenvalue weighted by Crippen LogP contribution is -2.45. The minimum absolute atomic E-state index is 0.000998. The van der Waals surface area contributed by atoms with Crippen molar-refractivity contribution in [2.45, 2.75) is 353 Å². The van der Waals surface area contributed by atoms with Gasteiger partial charge in [0.25, 0.3) is 0 Å². The number of amides is 1. The molecule has 408 valence electrons. The molecule has 6 heteroatoms. The molecule has 69 heavy (non-hydrogen) atoms. The molecule has 0 spiro atoms. The predicted molar refractivity (Wildman–Crippen MR) is 301 cm³/mol. The van der Waals surface area contributed by atoms with Crippen LogP contribution in [0.15, 0.2) is 24.3 Å². The zero-order valence-electron chi connectivity index (χ0n) is 46.6. The third-order valence-electron chi connectivity index (χ3n) is 14.5. The summed E-state index contributed by atoms with van der Waals surface area (Å²) in [5.41, 5.74) is 0. The Bertz CT molecular complexity index is 1080. The maximum absolute atomic E-state index is 12.5. The van der Waals surface area contributed by atoms with Crippen molar-refractivity contribution in [2.24, 2.45) is 0 Å². The molecule has 2 atom stereocenters. The molecule has 6 nitrogen and oxygen atoms in total. The highest BCUT2D eigenvalue weighted by Gasteiger charge is 2.20. The number of hydrogen-bond donors (Lipinski definition) is 3. The van der Waals surface area contributed by atoms with Gasteiger partial charge in [-0.1, -0.05) is 295 Å². The summed E-state index contributed by atoms with van der Waals surface area (Å²) in [6.45, 7) is 4.95. The van der Waals surface area contributed by atoms with Crippen LogP contribution in [0.25, 0.3) is 0 Å². The van der Waals surface area contributed by atoms with Gasteiger partial charge in [0.2, 0.25) is 5.91 Å². The second kappa shape index (κ2) is 58.9. The largest absolute Gasteiger partial charge is 0.466 e. The van der Waals surface area contributed by atoms with E-state index in [1.807, 2.05) is 0 Å². The van der Waals surface area contributed by atoms with E-state index in [0.717, 1.165) is 51.4 Å². The quantitative estimate of drug-likeness (QED) is 0.0321. The molecule has 0 aromatic rings. The summed E-state index contributed by atoms with van der Waals surface area (Å²) in [6.07, 6.45) is 71.8. The van der Waals surface area contributed by atoms with Crippen LogP contribution in [0, 0.1) is 0 Å². The third-order valence-corrected chi connectivity index (χ3v) is 14.5. The Labute approximate surface area is 431 Å². The molecule has 0 bridgehead atoms. The first-order valence-electron chi connectivity index (χ1n) is 31.1. The van der Waals surface area contributed by atoms with Crippen molar-refractivity contribution in [3.63, 3.8) is 0 Å². The Morgan fingerprint density at radius 3 is 1.12 bits per heavy atom. The third kappa shape index (κ3) is 55.5. The average molecular weight is 973 g/mol. The van der Waals surface area contributed by atoms with Crippen molar-refractivity contribution in [1.29, 1.82) is 0 Å². The van der Waals surface area contributed by atoms with Crippen molar-refractivity contribution in [1.82, 2.24) is 5.32 Å². The highest BCUT2D eigenvalue weighted by molar-refractivity contribution is 5.76. The normalized spacial score (nSPS) is 12.7. The average Bonchev–Trinajstić information content (AvgIpc) is 3.35. The molecule has 0 rings (SSSR count). The van der Waals surface area contributed by atoms with Gasteiger partial charge < -0.3 is 20.3 Å². The molecule has 0 radical (unpaired) electrons. The second-order valence-electron chi connectivity index (χ2n) is 21.4. The van der Waals surface area contributed by atoms with Crippen LogP contribution in [0.2, 0.25) is 0 Å². The summed E-state index contributed by atoms with van der Waals surface area (Å²) < 4.78 is 5.48. The molecular weight excluding hydrogens is 851 g/mol. The Hall–Kier alpha value is -1.66. The maximum Gasteiger partial charge on any atom is 0.305 e. The summed E-state index contributed by atoms with van der Waals surface area (Å²) in [4.78, 5) is 24.6. The summed E-state index contributed by atoms with van der Waals surface area (Å²) in [7, 11) is 0. The highest BCUT2D eigenvalue weighted by atomic mass is 16.5. The molecule has 3 N–H and O–H groups in total. The van der Waals surface area contributed by atoms with Crippen LogP contribution in [0.4, 0.5) is 0 Å². The topological polar surface area (TPSA) is 95.9 Å². The van der Waals surface area contributed by atoms with E-state index in [1.165, 1.54) is 257 Å². The van der Waals surface area contributed by atoms with E-state index in [-0.39, 0.29) is 18.5 Å². The second-order valence-corrected chi connectivity index (χ2v) is 21.4. The molecule has 0 aromatic heterocycles. The van der Waals surface area contributed by atoms with Crippen molar-refractivity contribution in [2.75, 3.05) is 13.2 Å². The number of carbonyl (C=O) groups excluding carboxylic acids is 2. The molecule has 0 heterocycles. The minimum Gasteiger partial charge on any atom is -0.466 e. The molecule has 2 unspecified atom stereocenters. The van der Waals surface area contributed by atoms with Gasteiger partial charge in [-0.3, -0.25) is 9.59 Å². The first-order valence-corrected chi connectivity index (χ1v) is 31.1. The fourth-order valence-corrected chi connectivity index (χ4v) is 9.73. The van der Waals surface area contributed by atoms with Crippen LogP contribution in [0.3, 0.4) is 0 Å². The molecule has 0 aliphatic rings. The number of carbonyl (C=O) groups is 2. The van der Waals surface area contributed by atoms with E-state index in [4.69, 9.17) is 4.74 Å². The molecule has 0 aliphatic carbocycles. The van der Waals surface area contributed by atoms with E-state index < -0.39 is 12.1 Å². The van der Waals surface area contributed by atoms with E-state index in [0.29, 0.717) is 25.9 Å². The van der Waals surface area contributed by atoms with Gasteiger partial charge in [0, 0.05) is 12.8 Å². The number of hydrogen-bond acceptors (Lipinski definition) is 5. The van der Waals surface area contributed by atoms with Gasteiger partial charge in [-0.2, -0.15) is 0 Å². The van der Waals surface area contributed by atoms with E-state index in [2.05, 4.69) is 43.5 Å².